The molecule has 0 heterocycles. The summed E-state index contributed by atoms with van der Waals surface area (Å²) in [5.74, 6) is -0.272. The van der Waals surface area contributed by atoms with Gasteiger partial charge >= 0.3 is 0 Å². The summed E-state index contributed by atoms with van der Waals surface area (Å²) in [4.78, 5) is 2.26. The van der Waals surface area contributed by atoms with E-state index in [1.165, 1.54) is 12.1 Å². The normalized spacial score (nSPS) is 10.3. The highest BCUT2D eigenvalue weighted by Gasteiger charge is 2.08. The molecule has 5 heteroatoms. The first kappa shape index (κ1) is 14.8. The summed E-state index contributed by atoms with van der Waals surface area (Å²) >= 11 is 10.9. The molecule has 0 aromatic heterocycles. The fourth-order valence-corrected chi connectivity index (χ4v) is 2.23. The maximum atomic E-state index is 13.7. The minimum atomic E-state index is -0.272. The Balaban J connectivity index is 2.23. The third-order valence-electron chi connectivity index (χ3n) is 2.99. The quantitative estimate of drug-likeness (QED) is 0.872. The number of hydrogen-bond acceptors (Lipinski definition) is 2. The molecule has 0 aliphatic rings. The maximum Gasteiger partial charge on any atom is 0.128 e. The first-order valence-electron chi connectivity index (χ1n) is 6.02. The molecule has 2 aromatic carbocycles. The summed E-state index contributed by atoms with van der Waals surface area (Å²) in [6.07, 6.45) is 0. The van der Waals surface area contributed by atoms with Crippen molar-refractivity contribution in [2.45, 2.75) is 6.54 Å². The molecule has 0 saturated heterocycles. The topological polar surface area (TPSA) is 29.3 Å². The number of anilines is 1. The summed E-state index contributed by atoms with van der Waals surface area (Å²) < 4.78 is 13.7. The van der Waals surface area contributed by atoms with Gasteiger partial charge in [-0.1, -0.05) is 36.0 Å². The number of thiocarbonyl (C=S) groups is 1. The standard InChI is InChI=1S/C15H14ClFN2S/c1-19(9-11-7-12(16)5-6-14(11)17)13-4-2-3-10(8-13)15(18)20/h2-8H,9H2,1H3,(H2,18,20). The van der Waals surface area contributed by atoms with Gasteiger partial charge in [0.1, 0.15) is 10.8 Å². The van der Waals surface area contributed by atoms with E-state index in [4.69, 9.17) is 29.6 Å². The van der Waals surface area contributed by atoms with Crippen molar-refractivity contribution < 1.29 is 4.39 Å². The molecule has 20 heavy (non-hydrogen) atoms. The minimum absolute atomic E-state index is 0.272. The lowest BCUT2D eigenvalue weighted by atomic mass is 10.1. The van der Waals surface area contributed by atoms with Gasteiger partial charge in [0.05, 0.1) is 0 Å². The smallest absolute Gasteiger partial charge is 0.128 e. The van der Waals surface area contributed by atoms with E-state index in [1.807, 2.05) is 36.2 Å². The van der Waals surface area contributed by atoms with Crippen molar-refractivity contribution in [1.29, 1.82) is 0 Å². The molecule has 0 aliphatic carbocycles. The Morgan fingerprint density at radius 2 is 2.05 bits per heavy atom. The van der Waals surface area contributed by atoms with E-state index in [0.717, 1.165) is 11.3 Å². The molecule has 0 bridgehead atoms. The predicted molar refractivity (Wildman–Crippen MR) is 85.8 cm³/mol. The summed E-state index contributed by atoms with van der Waals surface area (Å²) in [6, 6.07) is 12.1. The molecule has 0 fully saturated rings. The molecular formula is C15H14ClFN2S. The molecule has 0 amide bonds. The lowest BCUT2D eigenvalue weighted by Crippen LogP contribution is -2.18. The first-order chi connectivity index (χ1) is 9.47. The zero-order valence-corrected chi connectivity index (χ0v) is 12.5. The zero-order chi connectivity index (χ0) is 14.7. The van der Waals surface area contributed by atoms with E-state index in [9.17, 15) is 4.39 Å². The van der Waals surface area contributed by atoms with Crippen molar-refractivity contribution >= 4 is 34.5 Å². The number of hydrogen-bond donors (Lipinski definition) is 1. The fourth-order valence-electron chi connectivity index (χ4n) is 1.91. The number of rotatable bonds is 4. The Morgan fingerprint density at radius 3 is 2.75 bits per heavy atom. The van der Waals surface area contributed by atoms with Gasteiger partial charge in [0.15, 0.2) is 0 Å². The van der Waals surface area contributed by atoms with Crippen molar-refractivity contribution in [3.8, 4) is 0 Å². The Hall–Kier alpha value is -1.65. The van der Waals surface area contributed by atoms with Crippen molar-refractivity contribution in [2.24, 2.45) is 5.73 Å². The molecule has 0 unspecified atom stereocenters. The molecule has 0 spiro atoms. The third kappa shape index (κ3) is 3.46. The van der Waals surface area contributed by atoms with Crippen molar-refractivity contribution in [1.82, 2.24) is 0 Å². The number of nitrogens with two attached hydrogens (primary N) is 1. The fraction of sp³-hybridized carbons (Fsp3) is 0.133. The molecule has 0 atom stereocenters. The highest BCUT2D eigenvalue weighted by atomic mass is 35.5. The number of nitrogens with zero attached hydrogens (tertiary/aromatic N) is 1. The molecule has 0 aliphatic heterocycles. The van der Waals surface area contributed by atoms with Crippen LogP contribution in [-0.4, -0.2) is 12.0 Å². The lowest BCUT2D eigenvalue weighted by molar-refractivity contribution is 0.608. The van der Waals surface area contributed by atoms with Crippen LogP contribution in [0.4, 0.5) is 10.1 Å². The van der Waals surface area contributed by atoms with Crippen molar-refractivity contribution in [2.75, 3.05) is 11.9 Å². The number of halogens is 2. The first-order valence-corrected chi connectivity index (χ1v) is 6.81. The summed E-state index contributed by atoms with van der Waals surface area (Å²) in [5.41, 5.74) is 7.86. The van der Waals surface area contributed by atoms with Crippen LogP contribution in [0.1, 0.15) is 11.1 Å². The van der Waals surface area contributed by atoms with Gasteiger partial charge in [-0.05, 0) is 30.3 Å². The van der Waals surface area contributed by atoms with E-state index in [1.54, 1.807) is 6.07 Å². The molecular weight excluding hydrogens is 295 g/mol. The van der Waals surface area contributed by atoms with Gasteiger partial charge in [-0.2, -0.15) is 0 Å². The van der Waals surface area contributed by atoms with Crippen LogP contribution >= 0.6 is 23.8 Å². The molecule has 2 nitrogen and oxygen atoms in total. The summed E-state index contributed by atoms with van der Waals surface area (Å²) in [6.45, 7) is 0.410. The van der Waals surface area contributed by atoms with Crippen LogP contribution in [0.15, 0.2) is 42.5 Å². The van der Waals surface area contributed by atoms with Crippen LogP contribution in [-0.2, 0) is 6.54 Å². The van der Waals surface area contributed by atoms with Crippen LogP contribution < -0.4 is 10.6 Å². The van der Waals surface area contributed by atoms with E-state index in [-0.39, 0.29) is 5.82 Å². The molecule has 104 valence electrons. The second-order valence-corrected chi connectivity index (χ2v) is 5.38. The minimum Gasteiger partial charge on any atom is -0.389 e. The van der Waals surface area contributed by atoms with Gasteiger partial charge in [-0.25, -0.2) is 4.39 Å². The lowest BCUT2D eigenvalue weighted by Gasteiger charge is -2.20. The van der Waals surface area contributed by atoms with E-state index in [0.29, 0.717) is 22.1 Å². The maximum absolute atomic E-state index is 13.7. The molecule has 0 saturated carbocycles. The highest BCUT2D eigenvalue weighted by molar-refractivity contribution is 7.80. The van der Waals surface area contributed by atoms with E-state index < -0.39 is 0 Å². The highest BCUT2D eigenvalue weighted by Crippen LogP contribution is 2.20. The van der Waals surface area contributed by atoms with Crippen LogP contribution in [0.2, 0.25) is 5.02 Å². The number of benzene rings is 2. The van der Waals surface area contributed by atoms with Crippen molar-refractivity contribution in [3.05, 3.63) is 64.4 Å². The average Bonchev–Trinajstić information content (AvgIpc) is 2.43. The Morgan fingerprint density at radius 1 is 1.30 bits per heavy atom. The van der Waals surface area contributed by atoms with Crippen molar-refractivity contribution in [3.63, 3.8) is 0 Å². The largest absolute Gasteiger partial charge is 0.389 e. The summed E-state index contributed by atoms with van der Waals surface area (Å²) in [7, 11) is 1.87. The Labute approximate surface area is 128 Å². The Bertz CT molecular complexity index is 646. The van der Waals surface area contributed by atoms with Crippen LogP contribution in [0, 0.1) is 5.82 Å². The molecule has 0 radical (unpaired) electrons. The van der Waals surface area contributed by atoms with Gasteiger partial charge in [0.25, 0.3) is 0 Å². The average molecular weight is 309 g/mol. The molecule has 2 aromatic rings. The Kier molecular flexibility index (Phi) is 4.57. The second-order valence-electron chi connectivity index (χ2n) is 4.51. The molecule has 2 N–H and O–H groups in total. The van der Waals surface area contributed by atoms with Gasteiger partial charge < -0.3 is 10.6 Å². The van der Waals surface area contributed by atoms with Gasteiger partial charge in [-0.15, -0.1) is 0 Å². The SMILES string of the molecule is CN(Cc1cc(Cl)ccc1F)c1cccc(C(N)=S)c1. The molecule has 2 rings (SSSR count). The summed E-state index contributed by atoms with van der Waals surface area (Å²) in [5, 5.41) is 0.520. The predicted octanol–water partition coefficient (Wildman–Crippen LogP) is 3.75. The third-order valence-corrected chi connectivity index (χ3v) is 3.46. The van der Waals surface area contributed by atoms with E-state index in [2.05, 4.69) is 0 Å². The monoisotopic (exact) mass is 308 g/mol. The van der Waals surface area contributed by atoms with Crippen LogP contribution in [0.25, 0.3) is 0 Å². The second kappa shape index (κ2) is 6.20. The van der Waals surface area contributed by atoms with E-state index >= 15 is 0 Å². The van der Waals surface area contributed by atoms with Gasteiger partial charge in [0.2, 0.25) is 0 Å². The van der Waals surface area contributed by atoms with Gasteiger partial charge in [0, 0.05) is 35.4 Å². The van der Waals surface area contributed by atoms with Crippen LogP contribution in [0.3, 0.4) is 0 Å². The van der Waals surface area contributed by atoms with Crippen LogP contribution in [0.5, 0.6) is 0 Å². The zero-order valence-electron chi connectivity index (χ0n) is 10.9. The van der Waals surface area contributed by atoms with Gasteiger partial charge in [-0.3, -0.25) is 0 Å².